The monoisotopic (exact) mass is 400 g/mol. The molecule has 2 aromatic carbocycles. The molecule has 3 rings (SSSR count). The van der Waals surface area contributed by atoms with Gasteiger partial charge in [0.2, 0.25) is 5.91 Å². The average molecular weight is 401 g/mol. The summed E-state index contributed by atoms with van der Waals surface area (Å²) >= 11 is 11.3. The predicted molar refractivity (Wildman–Crippen MR) is 110 cm³/mol. The third-order valence-electron chi connectivity index (χ3n) is 4.39. The van der Waals surface area contributed by atoms with Crippen LogP contribution in [0.1, 0.15) is 30.5 Å². The van der Waals surface area contributed by atoms with E-state index in [2.05, 4.69) is 27.6 Å². The normalized spacial score (nSPS) is 12.0. The van der Waals surface area contributed by atoms with E-state index < -0.39 is 0 Å². The van der Waals surface area contributed by atoms with E-state index >= 15 is 0 Å². The Balaban J connectivity index is 1.78. The first-order valence-electron chi connectivity index (χ1n) is 8.75. The van der Waals surface area contributed by atoms with Crippen molar-refractivity contribution >= 4 is 29.7 Å². The number of carbonyl (C=O) groups excluding carboxylic acids is 1. The fraction of sp³-hybridized carbons (Fsp3) is 0.250. The summed E-state index contributed by atoms with van der Waals surface area (Å²) in [5, 5.41) is 10.7. The number of halogens is 1. The van der Waals surface area contributed by atoms with Crippen LogP contribution in [0.4, 0.5) is 0 Å². The van der Waals surface area contributed by atoms with Crippen LogP contribution in [0.5, 0.6) is 0 Å². The molecule has 1 aromatic heterocycles. The van der Waals surface area contributed by atoms with Gasteiger partial charge in [-0.05, 0) is 55.4 Å². The molecule has 0 aliphatic rings. The Morgan fingerprint density at radius 3 is 2.52 bits per heavy atom. The van der Waals surface area contributed by atoms with E-state index in [1.54, 1.807) is 16.7 Å². The van der Waals surface area contributed by atoms with Crippen LogP contribution in [0.15, 0.2) is 48.5 Å². The van der Waals surface area contributed by atoms with Gasteiger partial charge in [0.1, 0.15) is 6.54 Å². The van der Waals surface area contributed by atoms with Gasteiger partial charge in [-0.1, -0.05) is 48.4 Å². The van der Waals surface area contributed by atoms with Crippen LogP contribution in [-0.2, 0) is 11.3 Å². The van der Waals surface area contributed by atoms with E-state index in [9.17, 15) is 4.79 Å². The molecule has 1 amide bonds. The molecule has 0 radical (unpaired) electrons. The molecule has 2 N–H and O–H groups in total. The number of aromatic nitrogens is 3. The summed E-state index contributed by atoms with van der Waals surface area (Å²) in [6, 6.07) is 15.4. The van der Waals surface area contributed by atoms with Crippen molar-refractivity contribution in [1.82, 2.24) is 20.1 Å². The molecule has 1 heterocycles. The number of H-pyrrole nitrogens is 1. The average Bonchev–Trinajstić information content (AvgIpc) is 3.02. The first-order chi connectivity index (χ1) is 13.0. The molecule has 5 nitrogen and oxygen atoms in total. The number of carbonyl (C=O) groups is 1. The third kappa shape index (κ3) is 4.64. The molecule has 0 saturated carbocycles. The van der Waals surface area contributed by atoms with Crippen molar-refractivity contribution in [3.8, 4) is 11.4 Å². The molecule has 27 heavy (non-hydrogen) atoms. The van der Waals surface area contributed by atoms with Crippen molar-refractivity contribution in [3.05, 3.63) is 69.5 Å². The highest BCUT2D eigenvalue weighted by Gasteiger charge is 2.16. The Hall–Kier alpha value is -2.44. The Morgan fingerprint density at radius 2 is 1.89 bits per heavy atom. The van der Waals surface area contributed by atoms with Gasteiger partial charge in [-0.15, -0.1) is 0 Å². The lowest BCUT2D eigenvalue weighted by Crippen LogP contribution is -2.31. The molecule has 7 heteroatoms. The van der Waals surface area contributed by atoms with Crippen molar-refractivity contribution in [3.63, 3.8) is 0 Å². The lowest BCUT2D eigenvalue weighted by Gasteiger charge is -2.18. The molecule has 3 aromatic rings. The number of rotatable bonds is 6. The van der Waals surface area contributed by atoms with E-state index in [-0.39, 0.29) is 18.5 Å². The van der Waals surface area contributed by atoms with Gasteiger partial charge in [0, 0.05) is 10.6 Å². The van der Waals surface area contributed by atoms with Crippen molar-refractivity contribution in [1.29, 1.82) is 0 Å². The smallest absolute Gasteiger partial charge is 0.240 e. The number of aryl methyl sites for hydroxylation is 1. The number of benzene rings is 2. The summed E-state index contributed by atoms with van der Waals surface area (Å²) in [6.07, 6.45) is 0.801. The van der Waals surface area contributed by atoms with Crippen LogP contribution in [0, 0.1) is 11.7 Å². The Bertz CT molecular complexity index is 976. The van der Waals surface area contributed by atoms with E-state index in [1.807, 2.05) is 38.1 Å². The first-order valence-corrected chi connectivity index (χ1v) is 9.53. The zero-order valence-electron chi connectivity index (χ0n) is 15.2. The van der Waals surface area contributed by atoms with Gasteiger partial charge in [0.25, 0.3) is 0 Å². The summed E-state index contributed by atoms with van der Waals surface area (Å²) in [4.78, 5) is 12.7. The Labute approximate surface area is 168 Å². The number of nitrogens with zero attached hydrogens (tertiary/aromatic N) is 2. The van der Waals surface area contributed by atoms with Crippen LogP contribution in [-0.4, -0.2) is 20.7 Å². The molecular weight excluding hydrogens is 380 g/mol. The number of nitrogens with one attached hydrogen (secondary N) is 2. The van der Waals surface area contributed by atoms with Gasteiger partial charge in [-0.25, -0.2) is 0 Å². The fourth-order valence-corrected chi connectivity index (χ4v) is 3.21. The molecule has 1 unspecified atom stereocenters. The molecule has 0 aliphatic heterocycles. The summed E-state index contributed by atoms with van der Waals surface area (Å²) in [5.74, 6) is 0.491. The van der Waals surface area contributed by atoms with E-state index in [4.69, 9.17) is 23.8 Å². The van der Waals surface area contributed by atoms with Gasteiger partial charge < -0.3 is 5.32 Å². The molecule has 0 spiro atoms. The molecule has 0 saturated heterocycles. The lowest BCUT2D eigenvalue weighted by atomic mass is 10.0. The summed E-state index contributed by atoms with van der Waals surface area (Å²) in [5.41, 5.74) is 3.12. The van der Waals surface area contributed by atoms with Crippen molar-refractivity contribution in [2.75, 3.05) is 0 Å². The van der Waals surface area contributed by atoms with Crippen LogP contribution in [0.25, 0.3) is 11.4 Å². The van der Waals surface area contributed by atoms with Gasteiger partial charge in [-0.3, -0.25) is 14.5 Å². The first kappa shape index (κ1) is 19.3. The largest absolute Gasteiger partial charge is 0.348 e. The van der Waals surface area contributed by atoms with Crippen LogP contribution >= 0.6 is 23.8 Å². The zero-order valence-corrected chi connectivity index (χ0v) is 16.8. The maximum atomic E-state index is 12.7. The van der Waals surface area contributed by atoms with Gasteiger partial charge >= 0.3 is 0 Å². The molecular formula is C20H21ClN4OS. The second kappa shape index (κ2) is 8.50. The summed E-state index contributed by atoms with van der Waals surface area (Å²) in [6.45, 7) is 4.19. The summed E-state index contributed by atoms with van der Waals surface area (Å²) in [7, 11) is 0. The van der Waals surface area contributed by atoms with Crippen molar-refractivity contribution < 1.29 is 4.79 Å². The minimum absolute atomic E-state index is 0.0434. The Morgan fingerprint density at radius 1 is 1.22 bits per heavy atom. The Kier molecular flexibility index (Phi) is 6.08. The molecule has 0 fully saturated rings. The maximum absolute atomic E-state index is 12.7. The number of amides is 1. The fourth-order valence-electron chi connectivity index (χ4n) is 2.89. The topological polar surface area (TPSA) is 62.7 Å². The number of hydrogen-bond donors (Lipinski definition) is 2. The van der Waals surface area contributed by atoms with Crippen LogP contribution in [0.2, 0.25) is 5.02 Å². The van der Waals surface area contributed by atoms with Crippen LogP contribution < -0.4 is 5.32 Å². The van der Waals surface area contributed by atoms with Gasteiger partial charge in [-0.2, -0.15) is 5.10 Å². The standard InChI is InChI=1S/C20H21ClN4OS/c1-3-17(14-6-4-13(2)5-7-14)22-18(26)12-25-19(23-24-20(25)27)15-8-10-16(21)11-9-15/h4-11,17H,3,12H2,1-2H3,(H,22,26)(H,24,27). The van der Waals surface area contributed by atoms with Crippen LogP contribution in [0.3, 0.4) is 0 Å². The van der Waals surface area contributed by atoms with E-state index in [0.717, 1.165) is 17.5 Å². The SMILES string of the molecule is CCC(NC(=O)Cn1c(-c2ccc(Cl)cc2)n[nH]c1=S)c1ccc(C)cc1. The molecule has 1 atom stereocenters. The third-order valence-corrected chi connectivity index (χ3v) is 4.95. The van der Waals surface area contributed by atoms with Crippen molar-refractivity contribution in [2.24, 2.45) is 0 Å². The zero-order chi connectivity index (χ0) is 19.4. The molecule has 0 aliphatic carbocycles. The highest BCUT2D eigenvalue weighted by molar-refractivity contribution is 7.71. The van der Waals surface area contributed by atoms with Gasteiger partial charge in [0.15, 0.2) is 10.6 Å². The highest BCUT2D eigenvalue weighted by atomic mass is 35.5. The van der Waals surface area contributed by atoms with Crippen molar-refractivity contribution in [2.45, 2.75) is 32.9 Å². The van der Waals surface area contributed by atoms with Gasteiger partial charge in [0.05, 0.1) is 6.04 Å². The predicted octanol–water partition coefficient (Wildman–Crippen LogP) is 4.84. The maximum Gasteiger partial charge on any atom is 0.240 e. The molecule has 140 valence electrons. The van der Waals surface area contributed by atoms with E-state index in [0.29, 0.717) is 15.6 Å². The second-order valence-electron chi connectivity index (χ2n) is 6.38. The minimum Gasteiger partial charge on any atom is -0.348 e. The second-order valence-corrected chi connectivity index (χ2v) is 7.21. The quantitative estimate of drug-likeness (QED) is 0.582. The number of hydrogen-bond acceptors (Lipinski definition) is 3. The lowest BCUT2D eigenvalue weighted by molar-refractivity contribution is -0.122. The highest BCUT2D eigenvalue weighted by Crippen LogP contribution is 2.21. The number of aromatic amines is 1. The molecule has 0 bridgehead atoms. The summed E-state index contributed by atoms with van der Waals surface area (Å²) < 4.78 is 2.09. The minimum atomic E-state index is -0.116. The van der Waals surface area contributed by atoms with E-state index in [1.165, 1.54) is 5.56 Å².